The van der Waals surface area contributed by atoms with Crippen molar-refractivity contribution in [2.75, 3.05) is 0 Å². The van der Waals surface area contributed by atoms with Gasteiger partial charge in [0.1, 0.15) is 11.3 Å². The van der Waals surface area contributed by atoms with Gasteiger partial charge in [0.2, 0.25) is 0 Å². The predicted octanol–water partition coefficient (Wildman–Crippen LogP) is 4.02. The Bertz CT molecular complexity index is 714. The summed E-state index contributed by atoms with van der Waals surface area (Å²) in [6, 6.07) is 13.1. The molecule has 0 atom stereocenters. The lowest BCUT2D eigenvalue weighted by atomic mass is 10.2. The summed E-state index contributed by atoms with van der Waals surface area (Å²) < 4.78 is 39.7. The Balaban J connectivity index is 2.22. The molecule has 19 heavy (non-hydrogen) atoms. The molecule has 0 spiro atoms. The number of hydrogen-bond acceptors (Lipinski definition) is 1. The van der Waals surface area contributed by atoms with E-state index in [4.69, 9.17) is 0 Å². The average Bonchev–Trinajstić information content (AvgIpc) is 2.82. The molecule has 3 aromatic rings. The standard InChI is InChI=1S/C14H9F3N2/c15-14(16,17)12-7-4-8-13-18-11(9-19(12)13)10-5-2-1-3-6-10/h1-9H. The van der Waals surface area contributed by atoms with E-state index in [1.807, 2.05) is 30.3 Å². The zero-order valence-electron chi connectivity index (χ0n) is 9.72. The van der Waals surface area contributed by atoms with Crippen molar-refractivity contribution < 1.29 is 13.2 Å². The van der Waals surface area contributed by atoms with E-state index >= 15 is 0 Å². The summed E-state index contributed by atoms with van der Waals surface area (Å²) >= 11 is 0. The summed E-state index contributed by atoms with van der Waals surface area (Å²) in [6.07, 6.45) is -2.98. The number of aromatic nitrogens is 2. The summed E-state index contributed by atoms with van der Waals surface area (Å²) in [5, 5.41) is 0. The maximum absolute atomic E-state index is 12.9. The average molecular weight is 262 g/mol. The van der Waals surface area contributed by atoms with Crippen molar-refractivity contribution in [3.63, 3.8) is 0 Å². The number of halogens is 3. The van der Waals surface area contributed by atoms with Crippen LogP contribution in [0.5, 0.6) is 0 Å². The van der Waals surface area contributed by atoms with Crippen LogP contribution in [0.2, 0.25) is 0 Å². The molecule has 0 radical (unpaired) electrons. The number of imidazole rings is 1. The van der Waals surface area contributed by atoms with Crippen LogP contribution in [0.25, 0.3) is 16.9 Å². The van der Waals surface area contributed by atoms with Crippen molar-refractivity contribution in [2.24, 2.45) is 0 Å². The van der Waals surface area contributed by atoms with Crippen LogP contribution in [0, 0.1) is 0 Å². The molecule has 1 aromatic carbocycles. The van der Waals surface area contributed by atoms with Crippen LogP contribution in [-0.4, -0.2) is 9.38 Å². The van der Waals surface area contributed by atoms with Crippen molar-refractivity contribution in [3.8, 4) is 11.3 Å². The number of hydrogen-bond donors (Lipinski definition) is 0. The van der Waals surface area contributed by atoms with Crippen LogP contribution in [-0.2, 0) is 6.18 Å². The van der Waals surface area contributed by atoms with Crippen LogP contribution < -0.4 is 0 Å². The highest BCUT2D eigenvalue weighted by molar-refractivity contribution is 5.62. The largest absolute Gasteiger partial charge is 0.431 e. The molecule has 0 aliphatic rings. The molecule has 0 aliphatic carbocycles. The molecule has 0 bridgehead atoms. The summed E-state index contributed by atoms with van der Waals surface area (Å²) in [5.74, 6) is 0. The van der Waals surface area contributed by atoms with Crippen LogP contribution in [0.15, 0.2) is 54.7 Å². The second kappa shape index (κ2) is 4.12. The Kier molecular flexibility index (Phi) is 2.55. The van der Waals surface area contributed by atoms with Gasteiger partial charge in [-0.15, -0.1) is 0 Å². The fourth-order valence-corrected chi connectivity index (χ4v) is 1.99. The lowest BCUT2D eigenvalue weighted by molar-refractivity contribution is -0.142. The van der Waals surface area contributed by atoms with Gasteiger partial charge in [0, 0.05) is 11.8 Å². The fraction of sp³-hybridized carbons (Fsp3) is 0.0714. The molecule has 0 saturated heterocycles. The molecule has 0 amide bonds. The van der Waals surface area contributed by atoms with E-state index in [-0.39, 0.29) is 5.65 Å². The quantitative estimate of drug-likeness (QED) is 0.647. The molecule has 2 nitrogen and oxygen atoms in total. The van der Waals surface area contributed by atoms with Gasteiger partial charge in [0.25, 0.3) is 0 Å². The van der Waals surface area contributed by atoms with Gasteiger partial charge < -0.3 is 0 Å². The van der Waals surface area contributed by atoms with Gasteiger partial charge in [0.05, 0.1) is 5.69 Å². The smallest absolute Gasteiger partial charge is 0.295 e. The van der Waals surface area contributed by atoms with E-state index in [1.165, 1.54) is 12.3 Å². The molecule has 5 heteroatoms. The molecule has 2 aromatic heterocycles. The molecule has 0 unspecified atom stereocenters. The summed E-state index contributed by atoms with van der Waals surface area (Å²) in [6.45, 7) is 0. The van der Waals surface area contributed by atoms with Crippen LogP contribution in [0.3, 0.4) is 0 Å². The fourth-order valence-electron chi connectivity index (χ4n) is 1.99. The van der Waals surface area contributed by atoms with Crippen molar-refractivity contribution in [1.29, 1.82) is 0 Å². The second-order valence-electron chi connectivity index (χ2n) is 4.13. The van der Waals surface area contributed by atoms with E-state index in [9.17, 15) is 13.2 Å². The molecule has 0 aliphatic heterocycles. The van der Waals surface area contributed by atoms with Crippen molar-refractivity contribution in [3.05, 3.63) is 60.4 Å². The molecular formula is C14H9F3N2. The predicted molar refractivity (Wildman–Crippen MR) is 65.6 cm³/mol. The molecule has 3 rings (SSSR count). The monoisotopic (exact) mass is 262 g/mol. The number of pyridine rings is 1. The topological polar surface area (TPSA) is 17.3 Å². The third-order valence-corrected chi connectivity index (χ3v) is 2.85. The highest BCUT2D eigenvalue weighted by Crippen LogP contribution is 2.30. The summed E-state index contributed by atoms with van der Waals surface area (Å²) in [7, 11) is 0. The Morgan fingerprint density at radius 1 is 0.895 bits per heavy atom. The number of fused-ring (bicyclic) bond motifs is 1. The first kappa shape index (κ1) is 11.8. The third kappa shape index (κ3) is 2.07. The number of alkyl halides is 3. The molecule has 0 fully saturated rings. The molecule has 0 saturated carbocycles. The van der Waals surface area contributed by atoms with Gasteiger partial charge in [-0.05, 0) is 12.1 Å². The van der Waals surface area contributed by atoms with Gasteiger partial charge in [-0.3, -0.25) is 4.40 Å². The highest BCUT2D eigenvalue weighted by Gasteiger charge is 2.33. The Morgan fingerprint density at radius 2 is 1.63 bits per heavy atom. The van der Waals surface area contributed by atoms with Gasteiger partial charge >= 0.3 is 6.18 Å². The van der Waals surface area contributed by atoms with Crippen LogP contribution in [0.4, 0.5) is 13.2 Å². The highest BCUT2D eigenvalue weighted by atomic mass is 19.4. The lowest BCUT2D eigenvalue weighted by Gasteiger charge is -2.08. The first-order valence-corrected chi connectivity index (χ1v) is 5.66. The first-order chi connectivity index (χ1) is 9.05. The van der Waals surface area contributed by atoms with Gasteiger partial charge in [-0.25, -0.2) is 4.98 Å². The Morgan fingerprint density at radius 3 is 2.32 bits per heavy atom. The number of benzene rings is 1. The minimum atomic E-state index is -4.39. The molecular weight excluding hydrogens is 253 g/mol. The molecule has 2 heterocycles. The van der Waals surface area contributed by atoms with E-state index in [2.05, 4.69) is 4.98 Å². The van der Waals surface area contributed by atoms with Gasteiger partial charge in [0.15, 0.2) is 0 Å². The second-order valence-corrected chi connectivity index (χ2v) is 4.13. The van der Waals surface area contributed by atoms with Gasteiger partial charge in [-0.2, -0.15) is 13.2 Å². The number of rotatable bonds is 1. The summed E-state index contributed by atoms with van der Waals surface area (Å²) in [5.41, 5.74) is 0.880. The minimum Gasteiger partial charge on any atom is -0.295 e. The van der Waals surface area contributed by atoms with Gasteiger partial charge in [-0.1, -0.05) is 36.4 Å². The lowest BCUT2D eigenvalue weighted by Crippen LogP contribution is -2.10. The van der Waals surface area contributed by atoms with E-state index in [1.54, 1.807) is 6.07 Å². The van der Waals surface area contributed by atoms with Crippen molar-refractivity contribution in [2.45, 2.75) is 6.18 Å². The van der Waals surface area contributed by atoms with Crippen LogP contribution >= 0.6 is 0 Å². The first-order valence-electron chi connectivity index (χ1n) is 5.66. The van der Waals surface area contributed by atoms with E-state index in [0.29, 0.717) is 5.69 Å². The zero-order chi connectivity index (χ0) is 13.5. The molecule has 0 N–H and O–H groups in total. The maximum Gasteiger partial charge on any atom is 0.431 e. The van der Waals surface area contributed by atoms with Crippen molar-refractivity contribution in [1.82, 2.24) is 9.38 Å². The molecule has 96 valence electrons. The van der Waals surface area contributed by atoms with Crippen LogP contribution in [0.1, 0.15) is 5.69 Å². The van der Waals surface area contributed by atoms with E-state index < -0.39 is 11.9 Å². The normalized spacial score (nSPS) is 11.9. The van der Waals surface area contributed by atoms with Crippen molar-refractivity contribution >= 4 is 5.65 Å². The minimum absolute atomic E-state index is 0.286. The SMILES string of the molecule is FC(F)(F)c1cccc2nc(-c3ccccc3)cn12. The Hall–Kier alpha value is -2.30. The summed E-state index contributed by atoms with van der Waals surface area (Å²) in [4.78, 5) is 4.22. The number of nitrogens with zero attached hydrogens (tertiary/aromatic N) is 2. The maximum atomic E-state index is 12.9. The van der Waals surface area contributed by atoms with E-state index in [0.717, 1.165) is 16.0 Å². The zero-order valence-corrected chi connectivity index (χ0v) is 9.72. The third-order valence-electron chi connectivity index (χ3n) is 2.85. The Labute approximate surface area is 107 Å².